The van der Waals surface area contributed by atoms with Crippen molar-refractivity contribution >= 4 is 23.9 Å². The number of carbonyl (C=O) groups is 4. The molecule has 0 aromatic heterocycles. The van der Waals surface area contributed by atoms with Gasteiger partial charge in [0.1, 0.15) is 74.3 Å². The Morgan fingerprint density at radius 1 is 0.289 bits per heavy atom. The number of hydrogen-bond acceptors (Lipinski definition) is 20. The highest BCUT2D eigenvalue weighted by molar-refractivity contribution is 5.71. The highest BCUT2D eigenvalue weighted by Crippen LogP contribution is 2.24. The molecule has 20 nitrogen and oxygen atoms in total. The lowest BCUT2D eigenvalue weighted by Gasteiger charge is -2.39. The lowest BCUT2D eigenvalue weighted by atomic mass is 9.99. The molecule has 0 aromatic carbocycles. The van der Waals surface area contributed by atoms with Crippen molar-refractivity contribution in [3.63, 3.8) is 0 Å². The number of ether oxygens (including phenoxy) is 8. The predicted molar refractivity (Wildman–Crippen MR) is 461 cm³/mol. The van der Waals surface area contributed by atoms with Gasteiger partial charge in [-0.15, -0.1) is 0 Å². The molecular weight excluding hydrogens is 1450 g/mol. The molecule has 0 amide bonds. The number of aliphatic hydroxyl groups is 8. The van der Waals surface area contributed by atoms with Gasteiger partial charge in [0.2, 0.25) is 0 Å². The van der Waals surface area contributed by atoms with Crippen molar-refractivity contribution in [2.45, 2.75) is 386 Å². The first-order valence-corrected chi connectivity index (χ1v) is 43.8. The average molecular weight is 1610 g/mol. The van der Waals surface area contributed by atoms with Crippen LogP contribution in [0.1, 0.15) is 312 Å². The number of unbranched alkanes of at least 4 members (excludes halogenated alkanes) is 20. The van der Waals surface area contributed by atoms with E-state index in [-0.39, 0.29) is 37.1 Å². The van der Waals surface area contributed by atoms with Crippen LogP contribution >= 0.6 is 0 Å². The fourth-order valence-corrected chi connectivity index (χ4v) is 11.5. The van der Waals surface area contributed by atoms with Crippen LogP contribution in [0.5, 0.6) is 0 Å². The van der Waals surface area contributed by atoms with Gasteiger partial charge in [-0.3, -0.25) is 19.2 Å². The number of allylic oxidation sites excluding steroid dienone is 24. The van der Waals surface area contributed by atoms with E-state index in [4.69, 9.17) is 48.1 Å². The summed E-state index contributed by atoms with van der Waals surface area (Å²) in [6, 6.07) is 0. The van der Waals surface area contributed by atoms with E-state index in [0.29, 0.717) is 38.9 Å². The van der Waals surface area contributed by atoms with Gasteiger partial charge >= 0.3 is 23.9 Å². The minimum atomic E-state index is -1.36. The Morgan fingerprint density at radius 3 is 0.746 bits per heavy atom. The van der Waals surface area contributed by atoms with E-state index in [1.807, 2.05) is 0 Å². The second kappa shape index (κ2) is 83.8. The first-order chi connectivity index (χ1) is 55.4. The molecule has 114 heavy (non-hydrogen) atoms. The second-order valence-electron chi connectivity index (χ2n) is 28.7. The van der Waals surface area contributed by atoms with E-state index in [1.165, 1.54) is 51.4 Å². The van der Waals surface area contributed by atoms with Crippen LogP contribution in [0.15, 0.2) is 146 Å². The van der Waals surface area contributed by atoms with E-state index in [1.54, 1.807) is 27.7 Å². The first kappa shape index (κ1) is 110. The van der Waals surface area contributed by atoms with Gasteiger partial charge < -0.3 is 78.7 Å². The van der Waals surface area contributed by atoms with E-state index in [9.17, 15) is 49.8 Å². The summed E-state index contributed by atoms with van der Waals surface area (Å²) in [4.78, 5) is 48.2. The fraction of sp³-hybridized carbons (Fsp3) is 0.702. The van der Waals surface area contributed by atoms with Crippen LogP contribution in [-0.4, -0.2) is 178 Å². The molecule has 2 fully saturated rings. The van der Waals surface area contributed by atoms with Crippen LogP contribution in [0.3, 0.4) is 0 Å². The maximum absolute atomic E-state index is 12.1. The van der Waals surface area contributed by atoms with Gasteiger partial charge in [-0.25, -0.2) is 0 Å². The zero-order valence-electron chi connectivity index (χ0n) is 71.8. The van der Waals surface area contributed by atoms with E-state index in [2.05, 4.69) is 174 Å². The Hall–Kier alpha value is -5.72. The van der Waals surface area contributed by atoms with Crippen molar-refractivity contribution in [2.24, 2.45) is 0 Å². The normalized spacial score (nSPS) is 20.7. The molecule has 0 aromatic rings. The van der Waals surface area contributed by atoms with Gasteiger partial charge in [0, 0.05) is 38.9 Å². The van der Waals surface area contributed by atoms with Crippen LogP contribution in [0.2, 0.25) is 0 Å². The first-order valence-electron chi connectivity index (χ1n) is 43.8. The topological polar surface area (TPSA) is 304 Å². The molecule has 2 rings (SSSR count). The molecule has 20 heteroatoms. The molecule has 2 aliphatic rings. The maximum atomic E-state index is 12.1. The molecular formula is C94H160O20. The van der Waals surface area contributed by atoms with Crippen LogP contribution in [0.4, 0.5) is 0 Å². The van der Waals surface area contributed by atoms with Gasteiger partial charge in [-0.05, 0) is 182 Å². The van der Waals surface area contributed by atoms with Crippen molar-refractivity contribution in [3.8, 4) is 0 Å². The third-order valence-electron chi connectivity index (χ3n) is 18.1. The summed E-state index contributed by atoms with van der Waals surface area (Å²) in [6.45, 7) is 15.6. The Bertz CT molecular complexity index is 2420. The molecule has 0 saturated carbocycles. The number of esters is 4. The van der Waals surface area contributed by atoms with Crippen LogP contribution in [0.25, 0.3) is 0 Å². The molecule has 12 atom stereocenters. The zero-order valence-corrected chi connectivity index (χ0v) is 71.8. The standard InChI is InChI=1S/2C39H64O4.2C8H16O6/c2*1-4-6-8-10-12-14-16-18-20-22-24-26-28-30-32-34-38(40)42-36-37(3)43-39(41)35-33-31-29-27-25-23-21-19-17-15-13-11-9-7-5-2;2*1-2-13-8-7(12)6(11)5(10)4(3-9)14-8/h2*6-9,12-15,18-21,37H,4-5,10-11,16-17,22-36H2,1-3H3;2*4-12H,2-3H2,1H3/b2*8-6-,9-7-,14-12-,15-13-,20-18-,21-19-;;/t;;4-,5+,6+,7-,8-;4-,5-,6+,7-,8-/m..11/s1. The monoisotopic (exact) mass is 1610 g/mol. The molecule has 2 heterocycles. The molecule has 0 spiro atoms. The van der Waals surface area contributed by atoms with Gasteiger partial charge in [0.25, 0.3) is 0 Å². The summed E-state index contributed by atoms with van der Waals surface area (Å²) in [6.07, 6.45) is 81.3. The third kappa shape index (κ3) is 69.4. The van der Waals surface area contributed by atoms with Gasteiger partial charge in [-0.1, -0.05) is 251 Å². The molecule has 2 aliphatic heterocycles. The summed E-state index contributed by atoms with van der Waals surface area (Å²) in [5, 5.41) is 73.9. The summed E-state index contributed by atoms with van der Waals surface area (Å²) in [5.74, 6) is -0.794. The Labute approximate surface area is 689 Å². The fourth-order valence-electron chi connectivity index (χ4n) is 11.5. The minimum Gasteiger partial charge on any atom is -0.462 e. The molecule has 8 N–H and O–H groups in total. The number of carbonyl (C=O) groups excluding carboxylic acids is 4. The van der Waals surface area contributed by atoms with Crippen LogP contribution in [-0.2, 0) is 57.1 Å². The SMILES string of the molecule is CC/C=C\C/C=C\C/C=C\CCCCCCCC(=O)OCC(C)OC(=O)CCCCCCC/C=C\C/C=C\C/C=C\CC.CC/C=C\C/C=C\C/C=C\CCCCCCCC(=O)OCC(C)OC(=O)CCCCCCC/C=C\C/C=C\C/C=C\CC.CCO[C@@H]1O[C@H](CO)[C@@H](O)[C@H](O)[C@H]1O.CCO[C@@H]1O[C@H](CO)[C@H](O)[C@H](O)[C@H]1O. The van der Waals surface area contributed by atoms with Gasteiger partial charge in [0.15, 0.2) is 12.6 Å². The predicted octanol–water partition coefficient (Wildman–Crippen LogP) is 18.9. The van der Waals surface area contributed by atoms with Crippen molar-refractivity contribution in [3.05, 3.63) is 146 Å². The van der Waals surface area contributed by atoms with Gasteiger partial charge in [-0.2, -0.15) is 0 Å². The largest absolute Gasteiger partial charge is 0.462 e. The quantitative estimate of drug-likeness (QED) is 0.0121. The zero-order chi connectivity index (χ0) is 84.4. The number of rotatable bonds is 64. The molecule has 2 saturated heterocycles. The average Bonchev–Trinajstić information content (AvgIpc) is 0.828. The second-order valence-corrected chi connectivity index (χ2v) is 28.7. The highest BCUT2D eigenvalue weighted by atomic mass is 16.7. The minimum absolute atomic E-state index is 0.140. The van der Waals surface area contributed by atoms with E-state index in [0.717, 1.165) is 180 Å². The van der Waals surface area contributed by atoms with Crippen LogP contribution in [0, 0.1) is 0 Å². The molecule has 0 radical (unpaired) electrons. The molecule has 656 valence electrons. The van der Waals surface area contributed by atoms with E-state index >= 15 is 0 Å². The van der Waals surface area contributed by atoms with Crippen LogP contribution < -0.4 is 0 Å². The summed E-state index contributed by atoms with van der Waals surface area (Å²) in [5.41, 5.74) is 0. The molecule has 2 unspecified atom stereocenters. The summed E-state index contributed by atoms with van der Waals surface area (Å²) >= 11 is 0. The third-order valence-corrected chi connectivity index (χ3v) is 18.1. The van der Waals surface area contributed by atoms with Crippen molar-refractivity contribution in [1.29, 1.82) is 0 Å². The molecule has 0 bridgehead atoms. The Balaban J connectivity index is 0. The molecule has 0 aliphatic carbocycles. The van der Waals surface area contributed by atoms with Crippen molar-refractivity contribution in [1.82, 2.24) is 0 Å². The number of hydrogen-bond donors (Lipinski definition) is 8. The lowest BCUT2D eigenvalue weighted by molar-refractivity contribution is -0.300. The smallest absolute Gasteiger partial charge is 0.306 e. The highest BCUT2D eigenvalue weighted by Gasteiger charge is 2.45. The van der Waals surface area contributed by atoms with Crippen molar-refractivity contribution < 1.29 is 97.9 Å². The Morgan fingerprint density at radius 2 is 0.509 bits per heavy atom. The van der Waals surface area contributed by atoms with E-state index < -0.39 is 86.8 Å². The Kier molecular flexibility index (Phi) is 81.1. The van der Waals surface area contributed by atoms with Crippen molar-refractivity contribution in [2.75, 3.05) is 39.6 Å². The number of aliphatic hydroxyl groups excluding tert-OH is 8. The summed E-state index contributed by atoms with van der Waals surface area (Å²) in [7, 11) is 0. The summed E-state index contributed by atoms with van der Waals surface area (Å²) < 4.78 is 41.5. The van der Waals surface area contributed by atoms with Gasteiger partial charge in [0.05, 0.1) is 13.2 Å². The lowest BCUT2D eigenvalue weighted by Crippen LogP contribution is -2.59. The maximum Gasteiger partial charge on any atom is 0.306 e.